The third-order valence-electron chi connectivity index (χ3n) is 10.6. The number of hydrogen-bond acceptors (Lipinski definition) is 4. The van der Waals surface area contributed by atoms with Gasteiger partial charge in [-0.05, 0) is 105 Å². The lowest BCUT2D eigenvalue weighted by molar-refractivity contribution is -0.160. The number of fused-ring (bicyclic) bond motifs is 6. The molecule has 4 fully saturated rings. The highest BCUT2D eigenvalue weighted by Crippen LogP contribution is 2.65. The smallest absolute Gasteiger partial charge is 0.266 e. The van der Waals surface area contributed by atoms with Gasteiger partial charge in [-0.15, -0.1) is 5.10 Å². The maximum Gasteiger partial charge on any atom is 0.266 e. The fourth-order valence-corrected chi connectivity index (χ4v) is 8.93. The summed E-state index contributed by atoms with van der Waals surface area (Å²) in [6.45, 7) is 2.61. The van der Waals surface area contributed by atoms with Crippen molar-refractivity contribution in [3.8, 4) is 0 Å². The van der Waals surface area contributed by atoms with Crippen LogP contribution in [0.1, 0.15) is 64.7 Å². The van der Waals surface area contributed by atoms with Crippen LogP contribution in [0.2, 0.25) is 0 Å². The van der Waals surface area contributed by atoms with E-state index >= 15 is 0 Å². The minimum absolute atomic E-state index is 0.0137. The Morgan fingerprint density at radius 2 is 1.88 bits per heavy atom. The molecule has 1 heterocycles. The van der Waals surface area contributed by atoms with Gasteiger partial charge in [0, 0.05) is 5.92 Å². The van der Waals surface area contributed by atoms with E-state index in [9.17, 15) is 18.7 Å². The second-order valence-electron chi connectivity index (χ2n) is 12.0. The van der Waals surface area contributed by atoms with E-state index in [-0.39, 0.29) is 42.4 Å². The van der Waals surface area contributed by atoms with Gasteiger partial charge in [-0.25, -0.2) is 13.5 Å². The number of carbonyl (C=O) groups excluding carboxylic acids is 1. The standard InChI is InChI=1S/C27H35F2N3O2/c1-26-12-10-18-17-11-13-27(34,25(28)29)14-16(17)6-7-19(18)20(26)8-9-21(26)24(33)15-32-23-5-3-2-4-22(23)30-31-32/h2-5,16-21,25,34H,6-15H2,1H3/t16-,17+,18-,19-,20+,21-,26+,27-/m1/s1. The first-order valence-electron chi connectivity index (χ1n) is 13.1. The molecule has 0 spiro atoms. The Balaban J connectivity index is 1.18. The van der Waals surface area contributed by atoms with E-state index in [1.165, 1.54) is 0 Å². The molecule has 5 nitrogen and oxygen atoms in total. The predicted molar refractivity (Wildman–Crippen MR) is 124 cm³/mol. The van der Waals surface area contributed by atoms with E-state index in [0.29, 0.717) is 23.7 Å². The van der Waals surface area contributed by atoms with E-state index in [4.69, 9.17) is 0 Å². The van der Waals surface area contributed by atoms with Crippen molar-refractivity contribution >= 4 is 16.8 Å². The van der Waals surface area contributed by atoms with Gasteiger partial charge in [0.1, 0.15) is 17.7 Å². The van der Waals surface area contributed by atoms with Crippen LogP contribution in [0.4, 0.5) is 8.78 Å². The number of carbonyl (C=O) groups is 1. The van der Waals surface area contributed by atoms with E-state index < -0.39 is 12.0 Å². The maximum absolute atomic E-state index is 13.6. The number of aliphatic hydroxyl groups is 1. The molecule has 0 aliphatic heterocycles. The Hall–Kier alpha value is -1.89. The van der Waals surface area contributed by atoms with Crippen LogP contribution in [0.25, 0.3) is 11.0 Å². The Morgan fingerprint density at radius 3 is 2.71 bits per heavy atom. The molecule has 0 unspecified atom stereocenters. The minimum Gasteiger partial charge on any atom is -0.384 e. The summed E-state index contributed by atoms with van der Waals surface area (Å²) in [4.78, 5) is 13.6. The summed E-state index contributed by atoms with van der Waals surface area (Å²) < 4.78 is 28.7. The zero-order valence-corrected chi connectivity index (χ0v) is 19.9. The van der Waals surface area contributed by atoms with E-state index in [1.54, 1.807) is 4.68 Å². The van der Waals surface area contributed by atoms with Crippen molar-refractivity contribution in [2.24, 2.45) is 40.9 Å². The number of nitrogens with zero attached hydrogens (tertiary/aromatic N) is 3. The lowest BCUT2D eigenvalue weighted by Gasteiger charge is -2.57. The maximum atomic E-state index is 13.6. The number of ketones is 1. The first-order valence-corrected chi connectivity index (χ1v) is 13.1. The van der Waals surface area contributed by atoms with Crippen molar-refractivity contribution in [1.29, 1.82) is 0 Å². The summed E-state index contributed by atoms with van der Waals surface area (Å²) in [5, 5.41) is 18.9. The third-order valence-corrected chi connectivity index (χ3v) is 10.6. The minimum atomic E-state index is -2.65. The van der Waals surface area contributed by atoms with Crippen LogP contribution in [0, 0.1) is 40.9 Å². The van der Waals surface area contributed by atoms with Crippen LogP contribution in [0.5, 0.6) is 0 Å². The van der Waals surface area contributed by atoms with Gasteiger partial charge in [-0.2, -0.15) is 0 Å². The Morgan fingerprint density at radius 1 is 1.09 bits per heavy atom. The molecule has 6 rings (SSSR count). The van der Waals surface area contributed by atoms with Crippen molar-refractivity contribution in [2.75, 3.05) is 0 Å². The van der Waals surface area contributed by atoms with Crippen LogP contribution in [0.3, 0.4) is 0 Å². The highest BCUT2D eigenvalue weighted by Gasteiger charge is 2.59. The quantitative estimate of drug-likeness (QED) is 0.660. The van der Waals surface area contributed by atoms with Gasteiger partial charge >= 0.3 is 0 Å². The summed E-state index contributed by atoms with van der Waals surface area (Å²) >= 11 is 0. The summed E-state index contributed by atoms with van der Waals surface area (Å²) in [7, 11) is 0. The van der Waals surface area contributed by atoms with Crippen LogP contribution in [-0.2, 0) is 11.3 Å². The third kappa shape index (κ3) is 3.36. The van der Waals surface area contributed by atoms with Gasteiger partial charge in [0.15, 0.2) is 5.78 Å². The van der Waals surface area contributed by atoms with Crippen molar-refractivity contribution in [3.63, 3.8) is 0 Å². The highest BCUT2D eigenvalue weighted by molar-refractivity contribution is 5.84. The molecule has 1 aromatic carbocycles. The van der Waals surface area contributed by atoms with Gasteiger partial charge in [-0.1, -0.05) is 24.3 Å². The normalized spacial score (nSPS) is 41.8. The van der Waals surface area contributed by atoms with Crippen LogP contribution >= 0.6 is 0 Å². The molecule has 184 valence electrons. The molecule has 0 saturated heterocycles. The van der Waals surface area contributed by atoms with E-state index in [0.717, 1.165) is 56.0 Å². The number of hydrogen-bond donors (Lipinski definition) is 1. The molecule has 0 radical (unpaired) electrons. The van der Waals surface area contributed by atoms with E-state index in [1.807, 2.05) is 24.3 Å². The lowest BCUT2D eigenvalue weighted by atomic mass is 9.49. The number of rotatable bonds is 4. The molecule has 0 bridgehead atoms. The summed E-state index contributed by atoms with van der Waals surface area (Å²) in [6.07, 6.45) is 4.70. The zero-order valence-electron chi connectivity index (χ0n) is 19.9. The number of Topliss-reactive ketones (excluding diaryl/α,β-unsaturated/α-hetero) is 1. The highest BCUT2D eigenvalue weighted by atomic mass is 19.3. The van der Waals surface area contributed by atoms with Gasteiger partial charge in [0.25, 0.3) is 6.43 Å². The molecule has 2 aromatic rings. The molecule has 7 heteroatoms. The molecular weight excluding hydrogens is 436 g/mol. The molecule has 0 amide bonds. The topological polar surface area (TPSA) is 68.0 Å². The second kappa shape index (κ2) is 8.07. The van der Waals surface area contributed by atoms with Crippen LogP contribution < -0.4 is 0 Å². The van der Waals surface area contributed by atoms with Crippen molar-refractivity contribution in [1.82, 2.24) is 15.0 Å². The first kappa shape index (κ1) is 22.6. The molecule has 1 aromatic heterocycles. The van der Waals surface area contributed by atoms with Crippen LogP contribution in [-0.4, -0.2) is 37.9 Å². The molecule has 4 aliphatic rings. The largest absolute Gasteiger partial charge is 0.384 e. The van der Waals surface area contributed by atoms with Crippen LogP contribution in [0.15, 0.2) is 24.3 Å². The molecule has 4 aliphatic carbocycles. The number of halogens is 2. The average molecular weight is 472 g/mol. The van der Waals surface area contributed by atoms with Gasteiger partial charge in [0.05, 0.1) is 5.52 Å². The van der Waals surface area contributed by atoms with Crippen molar-refractivity contribution < 1.29 is 18.7 Å². The summed E-state index contributed by atoms with van der Waals surface area (Å²) in [5.74, 6) is 2.68. The predicted octanol–water partition coefficient (Wildman–Crippen LogP) is 5.27. The summed E-state index contributed by atoms with van der Waals surface area (Å²) in [6, 6.07) is 7.76. The Bertz CT molecular complexity index is 1090. The van der Waals surface area contributed by atoms with Gasteiger partial charge in [-0.3, -0.25) is 4.79 Å². The first-order chi connectivity index (χ1) is 16.3. The van der Waals surface area contributed by atoms with Gasteiger partial charge < -0.3 is 5.11 Å². The average Bonchev–Trinajstić information content (AvgIpc) is 3.39. The monoisotopic (exact) mass is 471 g/mol. The zero-order chi connectivity index (χ0) is 23.7. The fourth-order valence-electron chi connectivity index (χ4n) is 8.93. The molecule has 1 N–H and O–H groups in total. The Kier molecular flexibility index (Phi) is 5.36. The SMILES string of the molecule is C[C@]12CC[C@H]3[C@@H](CC[C@@H]4C[C@@](O)(C(F)F)CC[C@@H]43)[C@@H]1CC[C@@H]2C(=O)Cn1nnc2ccccc21. The Labute approximate surface area is 199 Å². The molecule has 4 saturated carbocycles. The number of alkyl halides is 2. The number of aromatic nitrogens is 3. The molecule has 8 atom stereocenters. The van der Waals surface area contributed by atoms with Gasteiger partial charge in [0.2, 0.25) is 0 Å². The van der Waals surface area contributed by atoms with E-state index in [2.05, 4.69) is 17.2 Å². The molecule has 34 heavy (non-hydrogen) atoms. The molecular formula is C27H35F2N3O2. The second-order valence-corrected chi connectivity index (χ2v) is 12.0. The summed E-state index contributed by atoms with van der Waals surface area (Å²) in [5.41, 5.74) is -0.0547. The number of benzene rings is 1. The number of para-hydroxylation sites is 1. The van der Waals surface area contributed by atoms with Crippen molar-refractivity contribution in [3.05, 3.63) is 24.3 Å². The van der Waals surface area contributed by atoms with Crippen molar-refractivity contribution in [2.45, 2.75) is 83.3 Å². The lowest BCUT2D eigenvalue weighted by Crippen LogP contribution is -2.53. The fraction of sp³-hybridized carbons (Fsp3) is 0.741.